The first kappa shape index (κ1) is 29.8. The maximum atomic E-state index is 14.8. The largest absolute Gasteiger partial charge is 0.461 e. The number of aliphatic hydroxyl groups excluding tert-OH is 1. The number of ether oxygens (including phenoxy) is 1. The number of benzene rings is 3. The molecule has 3 N–H and O–H groups in total. The number of carbonyl (C=O) groups excluding carboxylic acids is 1. The molecule has 3 rings (SSSR count). The van der Waals surface area contributed by atoms with Crippen molar-refractivity contribution in [1.29, 1.82) is 0 Å². The van der Waals surface area contributed by atoms with Crippen LogP contribution in [0.3, 0.4) is 0 Å². The van der Waals surface area contributed by atoms with Crippen LogP contribution in [0.15, 0.2) is 72.8 Å². The highest BCUT2D eigenvalue weighted by atomic mass is 19.3. The van der Waals surface area contributed by atoms with Crippen LogP contribution < -0.4 is 15.4 Å². The number of halogens is 6. The fourth-order valence-electron chi connectivity index (χ4n) is 3.88. The molecule has 210 valence electrons. The molecule has 11 heteroatoms. The molecule has 0 bridgehead atoms. The molecule has 0 unspecified atom stereocenters. The van der Waals surface area contributed by atoms with Crippen molar-refractivity contribution in [2.75, 3.05) is 13.2 Å². The fraction of sp³-hybridized carbons (Fsp3) is 0.321. The van der Waals surface area contributed by atoms with Gasteiger partial charge in [-0.2, -0.15) is 17.6 Å². The van der Waals surface area contributed by atoms with Gasteiger partial charge in [0, 0.05) is 31.1 Å². The smallest absolute Gasteiger partial charge is 0.428 e. The maximum absolute atomic E-state index is 14.8. The molecule has 3 aromatic rings. The number of aliphatic hydroxyl groups is 1. The van der Waals surface area contributed by atoms with E-state index in [2.05, 4.69) is 15.4 Å². The van der Waals surface area contributed by atoms with Gasteiger partial charge in [-0.05, 0) is 41.0 Å². The Morgan fingerprint density at radius 1 is 0.923 bits per heavy atom. The van der Waals surface area contributed by atoms with Gasteiger partial charge in [-0.15, -0.1) is 0 Å². The Kier molecular flexibility index (Phi) is 9.16. The summed E-state index contributed by atoms with van der Waals surface area (Å²) >= 11 is 0. The summed E-state index contributed by atoms with van der Waals surface area (Å²) in [6.07, 6.45) is -9.18. The molecule has 0 saturated carbocycles. The van der Waals surface area contributed by atoms with Crippen LogP contribution in [0.2, 0.25) is 0 Å². The summed E-state index contributed by atoms with van der Waals surface area (Å²) in [4.78, 5) is 13.2. The van der Waals surface area contributed by atoms with Crippen LogP contribution >= 0.6 is 0 Å². The van der Waals surface area contributed by atoms with E-state index in [9.17, 15) is 36.2 Å². The summed E-state index contributed by atoms with van der Waals surface area (Å²) in [7, 11) is 0. The third-order valence-corrected chi connectivity index (χ3v) is 6.00. The predicted molar refractivity (Wildman–Crippen MR) is 133 cm³/mol. The van der Waals surface area contributed by atoms with Crippen molar-refractivity contribution in [3.05, 3.63) is 101 Å². The van der Waals surface area contributed by atoms with Gasteiger partial charge in [-0.1, -0.05) is 56.3 Å². The number of amides is 2. The maximum Gasteiger partial charge on any atom is 0.461 e. The average Bonchev–Trinajstić information content (AvgIpc) is 2.87. The molecule has 0 aromatic heterocycles. The van der Waals surface area contributed by atoms with Gasteiger partial charge in [-0.25, -0.2) is 13.6 Å². The first-order chi connectivity index (χ1) is 18.3. The van der Waals surface area contributed by atoms with Crippen LogP contribution in [0, 0.1) is 17.0 Å². The molecule has 3 aromatic carbocycles. The van der Waals surface area contributed by atoms with Crippen molar-refractivity contribution < 1.29 is 41.0 Å². The Hall–Kier alpha value is -3.73. The molecule has 2 amide bonds. The number of nitrogens with one attached hydrogen (secondary N) is 2. The van der Waals surface area contributed by atoms with E-state index in [0.717, 1.165) is 24.3 Å². The Bertz CT molecular complexity index is 1260. The van der Waals surface area contributed by atoms with Crippen molar-refractivity contribution in [3.63, 3.8) is 0 Å². The minimum atomic E-state index is -4.91. The molecule has 0 aliphatic heterocycles. The van der Waals surface area contributed by atoms with E-state index >= 15 is 0 Å². The topological polar surface area (TPSA) is 70.6 Å². The number of carbonyl (C=O) groups is 1. The zero-order chi connectivity index (χ0) is 28.8. The lowest BCUT2D eigenvalue weighted by molar-refractivity contribution is -0.253. The first-order valence-electron chi connectivity index (χ1n) is 11.9. The van der Waals surface area contributed by atoms with Crippen molar-refractivity contribution in [2.45, 2.75) is 38.3 Å². The van der Waals surface area contributed by atoms with Gasteiger partial charge in [-0.3, -0.25) is 0 Å². The van der Waals surface area contributed by atoms with Gasteiger partial charge >= 0.3 is 18.6 Å². The Labute approximate surface area is 221 Å². The van der Waals surface area contributed by atoms with Gasteiger partial charge in [0.2, 0.25) is 0 Å². The summed E-state index contributed by atoms with van der Waals surface area (Å²) in [6.45, 7) is 3.18. The number of alkyl halides is 4. The first-order valence-corrected chi connectivity index (χ1v) is 11.9. The summed E-state index contributed by atoms with van der Waals surface area (Å²) < 4.78 is 85.9. The summed E-state index contributed by atoms with van der Waals surface area (Å²) in [6, 6.07) is 15.0. The van der Waals surface area contributed by atoms with E-state index in [4.69, 9.17) is 0 Å². The Morgan fingerprint density at radius 2 is 1.56 bits per heavy atom. The average molecular weight is 555 g/mol. The van der Waals surface area contributed by atoms with Crippen LogP contribution in [-0.2, 0) is 12.0 Å². The minimum absolute atomic E-state index is 0.0261. The highest BCUT2D eigenvalue weighted by Gasteiger charge is 2.45. The van der Waals surface area contributed by atoms with Crippen LogP contribution in [0.5, 0.6) is 5.75 Å². The Morgan fingerprint density at radius 3 is 2.15 bits per heavy atom. The highest BCUT2D eigenvalue weighted by Crippen LogP contribution is 2.38. The van der Waals surface area contributed by atoms with Gasteiger partial charge in [0.25, 0.3) is 0 Å². The second kappa shape index (κ2) is 12.0. The second-order valence-corrected chi connectivity index (χ2v) is 9.84. The van der Waals surface area contributed by atoms with E-state index in [1.165, 1.54) is 12.1 Å². The molecule has 0 aliphatic rings. The quantitative estimate of drug-likeness (QED) is 0.255. The van der Waals surface area contributed by atoms with Crippen LogP contribution in [0.25, 0.3) is 0 Å². The SMILES string of the molecule is CC(C)(CO)CNC(=O)N[C@](Cc1ccccc1)(c1ccc(F)cc1)c1cc(F)cc(OC(F)(F)C(F)F)c1. The molecule has 0 fully saturated rings. The minimum Gasteiger partial charge on any atom is -0.428 e. The third-order valence-electron chi connectivity index (χ3n) is 6.00. The molecule has 0 spiro atoms. The predicted octanol–water partition coefficient (Wildman–Crippen LogP) is 6.01. The lowest BCUT2D eigenvalue weighted by Gasteiger charge is -2.37. The van der Waals surface area contributed by atoms with Crippen LogP contribution in [-0.4, -0.2) is 36.8 Å². The third kappa shape index (κ3) is 7.66. The monoisotopic (exact) mass is 554 g/mol. The van der Waals surface area contributed by atoms with Gasteiger partial charge in [0.05, 0.1) is 5.54 Å². The van der Waals surface area contributed by atoms with Crippen LogP contribution in [0.1, 0.15) is 30.5 Å². The molecular formula is C28H28F6N2O3. The lowest BCUT2D eigenvalue weighted by Crippen LogP contribution is -2.53. The van der Waals surface area contributed by atoms with Gasteiger partial charge in [0.1, 0.15) is 17.4 Å². The second-order valence-electron chi connectivity index (χ2n) is 9.84. The molecule has 39 heavy (non-hydrogen) atoms. The molecule has 0 heterocycles. The van der Waals surface area contributed by atoms with Crippen LogP contribution in [0.4, 0.5) is 31.1 Å². The van der Waals surface area contributed by atoms with Crippen molar-refractivity contribution in [3.8, 4) is 5.75 Å². The number of rotatable bonds is 11. The van der Waals surface area contributed by atoms with Crippen molar-refractivity contribution in [2.24, 2.45) is 5.41 Å². The van der Waals surface area contributed by atoms with Crippen molar-refractivity contribution in [1.82, 2.24) is 10.6 Å². The molecule has 0 saturated heterocycles. The summed E-state index contributed by atoms with van der Waals surface area (Å²) in [5.74, 6) is -2.62. The Balaban J connectivity index is 2.20. The van der Waals surface area contributed by atoms with E-state index in [-0.39, 0.29) is 30.7 Å². The number of urea groups is 1. The van der Waals surface area contributed by atoms with E-state index in [0.29, 0.717) is 11.6 Å². The fourth-order valence-corrected chi connectivity index (χ4v) is 3.88. The van der Waals surface area contributed by atoms with Gasteiger partial charge < -0.3 is 20.5 Å². The molecule has 1 atom stereocenters. The number of hydrogen-bond acceptors (Lipinski definition) is 3. The molecule has 0 aliphatic carbocycles. The van der Waals surface area contributed by atoms with E-state index in [1.54, 1.807) is 44.2 Å². The standard InChI is InChI=1S/C28H28F6N2O3/c1-26(2,17-37)16-35-25(38)36-27(15-18-6-4-3-5-7-18,19-8-10-21(29)11-9-19)20-12-22(30)14-23(13-20)39-28(33,34)24(31)32/h3-14,24,37H,15-17H2,1-2H3,(H2,35,36,38)/t27-/m1/s1. The molecule has 5 nitrogen and oxygen atoms in total. The summed E-state index contributed by atoms with van der Waals surface area (Å²) in [5, 5.41) is 14.9. The normalized spacial score (nSPS) is 13.6. The lowest BCUT2D eigenvalue weighted by atomic mass is 9.77. The van der Waals surface area contributed by atoms with E-state index < -0.39 is 46.9 Å². The zero-order valence-electron chi connectivity index (χ0n) is 21.2. The zero-order valence-corrected chi connectivity index (χ0v) is 21.2. The van der Waals surface area contributed by atoms with E-state index in [1.807, 2.05) is 0 Å². The highest BCUT2D eigenvalue weighted by molar-refractivity contribution is 5.76. The molecular weight excluding hydrogens is 526 g/mol. The number of hydrogen-bond donors (Lipinski definition) is 3. The molecule has 0 radical (unpaired) electrons. The van der Waals surface area contributed by atoms with Gasteiger partial charge in [0.15, 0.2) is 0 Å². The van der Waals surface area contributed by atoms with Crippen molar-refractivity contribution >= 4 is 6.03 Å². The summed E-state index contributed by atoms with van der Waals surface area (Å²) in [5.41, 5.74) is -1.70.